The summed E-state index contributed by atoms with van der Waals surface area (Å²) < 4.78 is 0. The van der Waals surface area contributed by atoms with Crippen LogP contribution in [-0.2, 0) is 0 Å². The zero-order chi connectivity index (χ0) is 13.4. The van der Waals surface area contributed by atoms with Crippen LogP contribution in [0.15, 0.2) is 24.3 Å². The SMILES string of the molecule is CNCCCCNC(=O)c1cccc(B(O)O)c1. The van der Waals surface area contributed by atoms with Crippen LogP contribution < -0.4 is 16.1 Å². The van der Waals surface area contributed by atoms with Crippen LogP contribution in [-0.4, -0.2) is 43.2 Å². The molecule has 0 aliphatic heterocycles. The van der Waals surface area contributed by atoms with Crippen molar-refractivity contribution in [1.29, 1.82) is 0 Å². The first-order valence-electron chi connectivity index (χ1n) is 6.04. The van der Waals surface area contributed by atoms with E-state index in [1.165, 1.54) is 6.07 Å². The molecule has 5 nitrogen and oxygen atoms in total. The summed E-state index contributed by atoms with van der Waals surface area (Å²) in [6, 6.07) is 6.32. The average molecular weight is 250 g/mol. The van der Waals surface area contributed by atoms with Gasteiger partial charge >= 0.3 is 7.12 Å². The molecule has 98 valence electrons. The lowest BCUT2D eigenvalue weighted by Gasteiger charge is -2.06. The van der Waals surface area contributed by atoms with Crippen LogP contribution >= 0.6 is 0 Å². The van der Waals surface area contributed by atoms with E-state index in [4.69, 9.17) is 10.0 Å². The molecule has 1 aromatic carbocycles. The first-order valence-corrected chi connectivity index (χ1v) is 6.04. The first kappa shape index (κ1) is 14.7. The fourth-order valence-corrected chi connectivity index (χ4v) is 1.57. The van der Waals surface area contributed by atoms with Crippen LogP contribution in [0.5, 0.6) is 0 Å². The highest BCUT2D eigenvalue weighted by molar-refractivity contribution is 6.58. The molecule has 18 heavy (non-hydrogen) atoms. The van der Waals surface area contributed by atoms with E-state index in [1.807, 2.05) is 7.05 Å². The van der Waals surface area contributed by atoms with Gasteiger partial charge in [-0.15, -0.1) is 0 Å². The lowest BCUT2D eigenvalue weighted by Crippen LogP contribution is -2.32. The number of hydrogen-bond acceptors (Lipinski definition) is 4. The van der Waals surface area contributed by atoms with Gasteiger partial charge in [0.25, 0.3) is 5.91 Å². The Kier molecular flexibility index (Phi) is 6.42. The monoisotopic (exact) mass is 250 g/mol. The number of benzene rings is 1. The number of carbonyl (C=O) groups is 1. The average Bonchev–Trinajstić information content (AvgIpc) is 2.38. The third kappa shape index (κ3) is 4.87. The Morgan fingerprint density at radius 3 is 2.67 bits per heavy atom. The van der Waals surface area contributed by atoms with Gasteiger partial charge in [0.2, 0.25) is 0 Å². The van der Waals surface area contributed by atoms with E-state index < -0.39 is 7.12 Å². The molecule has 1 rings (SSSR count). The molecule has 0 saturated heterocycles. The van der Waals surface area contributed by atoms with Crippen molar-refractivity contribution in [2.75, 3.05) is 20.1 Å². The van der Waals surface area contributed by atoms with Gasteiger partial charge in [-0.2, -0.15) is 0 Å². The molecule has 1 aromatic rings. The minimum Gasteiger partial charge on any atom is -0.423 e. The minimum absolute atomic E-state index is 0.193. The normalized spacial score (nSPS) is 10.2. The van der Waals surface area contributed by atoms with Crippen LogP contribution in [0, 0.1) is 0 Å². The van der Waals surface area contributed by atoms with Crippen LogP contribution in [0.3, 0.4) is 0 Å². The maximum Gasteiger partial charge on any atom is 0.488 e. The Morgan fingerprint density at radius 1 is 1.28 bits per heavy atom. The largest absolute Gasteiger partial charge is 0.488 e. The molecule has 0 aliphatic rings. The topological polar surface area (TPSA) is 81.6 Å². The zero-order valence-corrected chi connectivity index (χ0v) is 10.5. The number of hydrogen-bond donors (Lipinski definition) is 4. The standard InChI is InChI=1S/C12H19BN2O3/c1-14-7-2-3-8-15-12(16)10-5-4-6-11(9-10)13(17)18/h4-6,9,14,17-18H,2-3,7-8H2,1H3,(H,15,16). The van der Waals surface area contributed by atoms with Crippen molar-refractivity contribution in [3.05, 3.63) is 29.8 Å². The Labute approximate surface area is 107 Å². The quantitative estimate of drug-likeness (QED) is 0.373. The zero-order valence-electron chi connectivity index (χ0n) is 10.5. The number of amides is 1. The van der Waals surface area contributed by atoms with Crippen LogP contribution in [0.25, 0.3) is 0 Å². The van der Waals surface area contributed by atoms with E-state index >= 15 is 0 Å². The second kappa shape index (κ2) is 7.86. The van der Waals surface area contributed by atoms with Crippen molar-refractivity contribution in [3.63, 3.8) is 0 Å². The maximum absolute atomic E-state index is 11.8. The molecule has 0 fully saturated rings. The van der Waals surface area contributed by atoms with Crippen molar-refractivity contribution in [3.8, 4) is 0 Å². The Bertz CT molecular complexity index is 385. The second-order valence-electron chi connectivity index (χ2n) is 4.07. The van der Waals surface area contributed by atoms with Crippen molar-refractivity contribution < 1.29 is 14.8 Å². The van der Waals surface area contributed by atoms with E-state index in [-0.39, 0.29) is 5.91 Å². The molecule has 0 saturated carbocycles. The van der Waals surface area contributed by atoms with Gasteiger partial charge in [0.05, 0.1) is 0 Å². The third-order valence-corrected chi connectivity index (χ3v) is 2.59. The summed E-state index contributed by atoms with van der Waals surface area (Å²) in [5.41, 5.74) is 0.757. The summed E-state index contributed by atoms with van der Waals surface area (Å²) in [6.45, 7) is 1.55. The van der Waals surface area contributed by atoms with E-state index in [9.17, 15) is 4.79 Å². The molecule has 1 amide bonds. The van der Waals surface area contributed by atoms with E-state index in [2.05, 4.69) is 10.6 Å². The van der Waals surface area contributed by atoms with Crippen LogP contribution in [0.1, 0.15) is 23.2 Å². The molecule has 0 aliphatic carbocycles. The number of nitrogens with one attached hydrogen (secondary N) is 2. The highest BCUT2D eigenvalue weighted by Gasteiger charge is 2.13. The molecule has 0 radical (unpaired) electrons. The highest BCUT2D eigenvalue weighted by atomic mass is 16.4. The maximum atomic E-state index is 11.8. The first-order chi connectivity index (χ1) is 8.65. The van der Waals surface area contributed by atoms with Gasteiger partial charge in [0.15, 0.2) is 0 Å². The Hall–Kier alpha value is -1.37. The molecular formula is C12H19BN2O3. The summed E-state index contributed by atoms with van der Waals surface area (Å²) in [7, 11) is 0.345. The predicted molar refractivity (Wildman–Crippen MR) is 71.8 cm³/mol. The van der Waals surface area contributed by atoms with Gasteiger partial charge in [-0.05, 0) is 44.0 Å². The van der Waals surface area contributed by atoms with E-state index in [0.717, 1.165) is 19.4 Å². The molecule has 0 spiro atoms. The summed E-state index contributed by atoms with van der Waals surface area (Å²) in [5, 5.41) is 23.9. The van der Waals surface area contributed by atoms with Gasteiger partial charge in [-0.25, -0.2) is 0 Å². The summed E-state index contributed by atoms with van der Waals surface area (Å²) in [6.07, 6.45) is 1.92. The summed E-state index contributed by atoms with van der Waals surface area (Å²) in [4.78, 5) is 11.8. The van der Waals surface area contributed by atoms with Crippen molar-refractivity contribution in [2.45, 2.75) is 12.8 Å². The van der Waals surface area contributed by atoms with Gasteiger partial charge < -0.3 is 20.7 Å². The predicted octanol–water partition coefficient (Wildman–Crippen LogP) is -0.904. The fraction of sp³-hybridized carbons (Fsp3) is 0.417. The molecule has 0 unspecified atom stereocenters. The number of rotatable bonds is 7. The molecule has 4 N–H and O–H groups in total. The van der Waals surface area contributed by atoms with Gasteiger partial charge in [-0.3, -0.25) is 4.79 Å². The molecule has 0 bridgehead atoms. The van der Waals surface area contributed by atoms with Crippen molar-refractivity contribution >= 4 is 18.5 Å². The number of unbranched alkanes of at least 4 members (excludes halogenated alkanes) is 1. The molecule has 6 heteroatoms. The van der Waals surface area contributed by atoms with Crippen molar-refractivity contribution in [2.24, 2.45) is 0 Å². The highest BCUT2D eigenvalue weighted by Crippen LogP contribution is 1.97. The number of carbonyl (C=O) groups excluding carboxylic acids is 1. The molecular weight excluding hydrogens is 231 g/mol. The summed E-state index contributed by atoms with van der Waals surface area (Å²) >= 11 is 0. The fourth-order valence-electron chi connectivity index (χ4n) is 1.57. The van der Waals surface area contributed by atoms with Crippen LogP contribution in [0.2, 0.25) is 0 Å². The minimum atomic E-state index is -1.55. The smallest absolute Gasteiger partial charge is 0.423 e. The molecule has 0 heterocycles. The Balaban J connectivity index is 2.44. The van der Waals surface area contributed by atoms with Gasteiger partial charge in [0, 0.05) is 12.1 Å². The van der Waals surface area contributed by atoms with Crippen LogP contribution in [0.4, 0.5) is 0 Å². The van der Waals surface area contributed by atoms with Crippen molar-refractivity contribution in [1.82, 2.24) is 10.6 Å². The lowest BCUT2D eigenvalue weighted by molar-refractivity contribution is 0.0953. The lowest BCUT2D eigenvalue weighted by atomic mass is 9.79. The molecule has 0 aromatic heterocycles. The van der Waals surface area contributed by atoms with E-state index in [0.29, 0.717) is 17.6 Å². The molecule has 0 atom stereocenters. The van der Waals surface area contributed by atoms with Gasteiger partial charge in [0.1, 0.15) is 0 Å². The summed E-state index contributed by atoms with van der Waals surface area (Å²) in [5.74, 6) is -0.193. The second-order valence-corrected chi connectivity index (χ2v) is 4.07. The Morgan fingerprint density at radius 2 is 2.00 bits per heavy atom. The van der Waals surface area contributed by atoms with Gasteiger partial charge in [-0.1, -0.05) is 12.1 Å². The van der Waals surface area contributed by atoms with E-state index in [1.54, 1.807) is 18.2 Å². The third-order valence-electron chi connectivity index (χ3n) is 2.59.